The first kappa shape index (κ1) is 23.9. The zero-order chi connectivity index (χ0) is 22.6. The van der Waals surface area contributed by atoms with Crippen molar-refractivity contribution in [1.29, 1.82) is 0 Å². The minimum atomic E-state index is 0. The number of carbonyl (C=O) groups excluding carboxylic acids is 1. The van der Waals surface area contributed by atoms with Crippen LogP contribution in [0.1, 0.15) is 24.3 Å². The number of nitrogens with zero attached hydrogens (tertiary/aromatic N) is 5. The van der Waals surface area contributed by atoms with Crippen LogP contribution in [-0.2, 0) is 4.79 Å². The van der Waals surface area contributed by atoms with Crippen LogP contribution in [0.2, 0.25) is 0 Å². The van der Waals surface area contributed by atoms with E-state index >= 15 is 0 Å². The normalized spacial score (nSPS) is 16.1. The van der Waals surface area contributed by atoms with E-state index in [1.54, 1.807) is 19.5 Å². The van der Waals surface area contributed by atoms with Crippen LogP contribution in [0.4, 0.5) is 5.69 Å². The predicted molar refractivity (Wildman–Crippen MR) is 132 cm³/mol. The van der Waals surface area contributed by atoms with Gasteiger partial charge in [-0.25, -0.2) is 0 Å². The lowest BCUT2D eigenvalue weighted by atomic mass is 10.2. The van der Waals surface area contributed by atoms with E-state index in [4.69, 9.17) is 9.15 Å². The molecule has 1 aromatic carbocycles. The third kappa shape index (κ3) is 5.11. The molecule has 0 N–H and O–H groups in total. The highest BCUT2D eigenvalue weighted by atomic mass is 35.5. The number of oxazole rings is 1. The van der Waals surface area contributed by atoms with Crippen molar-refractivity contribution in [3.8, 4) is 17.6 Å². The van der Waals surface area contributed by atoms with Crippen LogP contribution in [0.5, 0.6) is 5.75 Å². The summed E-state index contributed by atoms with van der Waals surface area (Å²) in [5, 5.41) is 0. The number of hydrogen-bond donors (Lipinski definition) is 0. The second-order valence-corrected chi connectivity index (χ2v) is 8.33. The number of methoxy groups -OCH3 is 1. The summed E-state index contributed by atoms with van der Waals surface area (Å²) in [4.78, 5) is 27.8. The summed E-state index contributed by atoms with van der Waals surface area (Å²) in [5.41, 5.74) is 3.04. The molecular weight excluding hydrogens is 454 g/mol. The number of fused-ring (bicyclic) bond motifs is 1. The Morgan fingerprint density at radius 3 is 2.59 bits per heavy atom. The summed E-state index contributed by atoms with van der Waals surface area (Å²) in [6.45, 7) is 5.48. The van der Waals surface area contributed by atoms with E-state index in [-0.39, 0.29) is 18.3 Å². The fourth-order valence-corrected chi connectivity index (χ4v) is 4.43. The highest BCUT2D eigenvalue weighted by molar-refractivity contribution is 5.92. The number of aromatic nitrogens is 2. The van der Waals surface area contributed by atoms with E-state index in [1.165, 1.54) is 12.8 Å². The Labute approximate surface area is 205 Å². The maximum absolute atomic E-state index is 12.7. The molecule has 0 radical (unpaired) electrons. The number of pyridine rings is 1. The lowest BCUT2D eigenvalue weighted by Gasteiger charge is -2.36. The summed E-state index contributed by atoms with van der Waals surface area (Å²) < 4.78 is 11.6. The number of ether oxygens (including phenoxy) is 1. The maximum atomic E-state index is 12.7. The third-order valence-electron chi connectivity index (χ3n) is 6.21. The van der Waals surface area contributed by atoms with Gasteiger partial charge in [0.1, 0.15) is 5.75 Å². The van der Waals surface area contributed by atoms with Crippen LogP contribution in [0.15, 0.2) is 41.1 Å². The van der Waals surface area contributed by atoms with Crippen molar-refractivity contribution in [2.45, 2.75) is 12.8 Å². The van der Waals surface area contributed by atoms with E-state index in [1.807, 2.05) is 29.2 Å². The molecule has 0 aliphatic carbocycles. The summed E-state index contributed by atoms with van der Waals surface area (Å²) in [6.07, 6.45) is 5.80. The quantitative estimate of drug-likeness (QED) is 0.530. The average Bonchev–Trinajstić information content (AvgIpc) is 3.53. The van der Waals surface area contributed by atoms with Gasteiger partial charge in [-0.1, -0.05) is 5.92 Å². The number of rotatable bonds is 4. The maximum Gasteiger partial charge on any atom is 0.274 e. The number of carbonyl (C=O) groups is 1. The van der Waals surface area contributed by atoms with Crippen LogP contribution in [-0.4, -0.2) is 78.6 Å². The van der Waals surface area contributed by atoms with E-state index in [9.17, 15) is 4.79 Å². The number of benzene rings is 1. The molecule has 2 saturated heterocycles. The molecule has 34 heavy (non-hydrogen) atoms. The summed E-state index contributed by atoms with van der Waals surface area (Å²) in [7, 11) is 1.62. The van der Waals surface area contributed by atoms with Gasteiger partial charge in [-0.15, -0.1) is 12.4 Å². The fraction of sp³-hybridized carbons (Fsp3) is 0.400. The lowest BCUT2D eigenvalue weighted by Crippen LogP contribution is -2.51. The molecule has 1 amide bonds. The van der Waals surface area contributed by atoms with Crippen molar-refractivity contribution in [1.82, 2.24) is 19.8 Å². The average molecular weight is 482 g/mol. The molecule has 0 saturated carbocycles. The topological polar surface area (TPSA) is 74.9 Å². The Bertz CT molecular complexity index is 1190. The molecule has 4 heterocycles. The molecule has 9 heteroatoms. The summed E-state index contributed by atoms with van der Waals surface area (Å²) in [5.74, 6) is 7.23. The second kappa shape index (κ2) is 10.8. The van der Waals surface area contributed by atoms with Crippen molar-refractivity contribution < 1.29 is 13.9 Å². The molecule has 0 unspecified atom stereocenters. The van der Waals surface area contributed by atoms with Crippen molar-refractivity contribution in [2.75, 3.05) is 57.8 Å². The molecule has 2 aliphatic rings. The van der Waals surface area contributed by atoms with Crippen LogP contribution in [0, 0.1) is 11.8 Å². The first-order valence-corrected chi connectivity index (χ1v) is 11.4. The number of hydrogen-bond acceptors (Lipinski definition) is 7. The van der Waals surface area contributed by atoms with Crippen LogP contribution in [0.3, 0.4) is 0 Å². The Morgan fingerprint density at radius 1 is 1.09 bits per heavy atom. The molecule has 5 rings (SSSR count). The number of amides is 1. The van der Waals surface area contributed by atoms with Gasteiger partial charge in [-0.2, -0.15) is 4.98 Å². The van der Waals surface area contributed by atoms with Crippen LogP contribution >= 0.6 is 12.4 Å². The zero-order valence-corrected chi connectivity index (χ0v) is 20.0. The molecule has 178 valence electrons. The summed E-state index contributed by atoms with van der Waals surface area (Å²) >= 11 is 0. The number of anilines is 1. The minimum Gasteiger partial charge on any atom is -0.494 e. The SMILES string of the molecule is COc1ccc(N2CCN(C(=O)CN3CCCC3)CC2)c2oc(C#Cc3cccnc3)nc12.Cl. The first-order valence-electron chi connectivity index (χ1n) is 11.4. The number of halogens is 1. The van der Waals surface area contributed by atoms with Crippen molar-refractivity contribution in [2.24, 2.45) is 0 Å². The van der Waals surface area contributed by atoms with E-state index in [0.29, 0.717) is 42.4 Å². The lowest BCUT2D eigenvalue weighted by molar-refractivity contribution is -0.132. The van der Waals surface area contributed by atoms with Gasteiger partial charge in [0.2, 0.25) is 5.91 Å². The van der Waals surface area contributed by atoms with Crippen LogP contribution in [0.25, 0.3) is 11.1 Å². The van der Waals surface area contributed by atoms with Gasteiger partial charge in [-0.3, -0.25) is 14.7 Å². The van der Waals surface area contributed by atoms with Gasteiger partial charge in [0, 0.05) is 44.1 Å². The molecule has 0 atom stereocenters. The Hall–Kier alpha value is -3.28. The molecular formula is C25H28ClN5O3. The van der Waals surface area contributed by atoms with E-state index in [0.717, 1.165) is 37.4 Å². The minimum absolute atomic E-state index is 0. The standard InChI is InChI=1S/C25H27N5O3.ClH/c1-32-21-8-7-20(25-24(21)27-22(33-25)9-6-19-5-4-10-26-17-19)29-13-15-30(16-14-29)23(31)18-28-11-2-3-12-28;/h4-5,7-8,10,17H,2-3,11-16,18H2,1H3;1H. The molecule has 3 aromatic rings. The first-order chi connectivity index (χ1) is 16.2. The Morgan fingerprint density at radius 2 is 1.88 bits per heavy atom. The fourth-order valence-electron chi connectivity index (χ4n) is 4.43. The summed E-state index contributed by atoms with van der Waals surface area (Å²) in [6, 6.07) is 7.63. The predicted octanol–water partition coefficient (Wildman–Crippen LogP) is 2.80. The monoisotopic (exact) mass is 481 g/mol. The zero-order valence-electron chi connectivity index (χ0n) is 19.2. The molecule has 0 spiro atoms. The van der Waals surface area contributed by atoms with Crippen molar-refractivity contribution >= 4 is 35.1 Å². The van der Waals surface area contributed by atoms with Crippen LogP contribution < -0.4 is 9.64 Å². The van der Waals surface area contributed by atoms with Gasteiger partial charge in [-0.05, 0) is 56.1 Å². The molecule has 0 bridgehead atoms. The second-order valence-electron chi connectivity index (χ2n) is 8.33. The molecule has 2 aromatic heterocycles. The largest absolute Gasteiger partial charge is 0.494 e. The molecule has 2 aliphatic heterocycles. The van der Waals surface area contributed by atoms with Gasteiger partial charge in [0.05, 0.1) is 19.3 Å². The van der Waals surface area contributed by atoms with E-state index < -0.39 is 0 Å². The van der Waals surface area contributed by atoms with Gasteiger partial charge < -0.3 is 19.0 Å². The molecule has 8 nitrogen and oxygen atoms in total. The van der Waals surface area contributed by atoms with Gasteiger partial charge in [0.15, 0.2) is 11.1 Å². The highest BCUT2D eigenvalue weighted by Gasteiger charge is 2.26. The number of likely N-dealkylation sites (tertiary alicyclic amines) is 1. The molecule has 2 fully saturated rings. The van der Waals surface area contributed by atoms with Gasteiger partial charge >= 0.3 is 0 Å². The smallest absolute Gasteiger partial charge is 0.274 e. The van der Waals surface area contributed by atoms with Crippen molar-refractivity contribution in [3.05, 3.63) is 48.1 Å². The van der Waals surface area contributed by atoms with E-state index in [2.05, 4.69) is 31.6 Å². The highest BCUT2D eigenvalue weighted by Crippen LogP contribution is 2.34. The third-order valence-corrected chi connectivity index (χ3v) is 6.21. The Kier molecular flexibility index (Phi) is 7.56. The Balaban J connectivity index is 0.00000274. The van der Waals surface area contributed by atoms with Gasteiger partial charge in [0.25, 0.3) is 5.89 Å². The number of piperazine rings is 1. The van der Waals surface area contributed by atoms with Crippen molar-refractivity contribution in [3.63, 3.8) is 0 Å².